The van der Waals surface area contributed by atoms with Crippen LogP contribution in [0, 0.1) is 85.8 Å². The number of aliphatic hydroxyl groups is 7. The molecule has 3 heterocycles. The zero-order valence-electron chi connectivity index (χ0n) is 62.9. The van der Waals surface area contributed by atoms with Crippen LogP contribution in [-0.2, 0) is 76.4 Å². The van der Waals surface area contributed by atoms with E-state index in [0.29, 0.717) is 129 Å². The molecule has 11 N–H and O–H groups in total. The molecule has 12 aliphatic carbocycles. The van der Waals surface area contributed by atoms with Crippen LogP contribution in [0.15, 0.2) is 40.1 Å². The van der Waals surface area contributed by atoms with Gasteiger partial charge in [-0.2, -0.15) is 0 Å². The fraction of sp³-hybridized carbons (Fsp3) is 0.790. The Morgan fingerprint density at radius 3 is 1.22 bits per heavy atom. The number of carboxylic acid groups (broad SMARTS) is 3. The van der Waals surface area contributed by atoms with Gasteiger partial charge in [0.1, 0.15) is 38.3 Å². The number of cyclic esters (lactones) is 3. The molecule has 28 heteroatoms. The minimum absolute atomic E-state index is 0.00749. The Kier molecular flexibility index (Phi) is 21.7. The van der Waals surface area contributed by atoms with Crippen LogP contribution in [0.2, 0.25) is 0 Å². The number of esters is 6. The average molecular weight is 1530 g/mol. The summed E-state index contributed by atoms with van der Waals surface area (Å²) in [7, 11) is 0. The number of nitrogens with zero attached hydrogens (tertiary/aromatic N) is 1. The molecule has 15 aliphatic rings. The largest absolute Gasteiger partial charge is 0.481 e. The number of aliphatic carboxylic acids is 3. The van der Waals surface area contributed by atoms with Crippen molar-refractivity contribution in [3.63, 3.8) is 0 Å². The molecule has 12 fully saturated rings. The van der Waals surface area contributed by atoms with Crippen LogP contribution in [0.5, 0.6) is 0 Å². The van der Waals surface area contributed by atoms with Gasteiger partial charge in [-0.05, 0) is 224 Å². The summed E-state index contributed by atoms with van der Waals surface area (Å²) in [6.45, 7) is 7.01. The first-order valence-corrected chi connectivity index (χ1v) is 39.9. The van der Waals surface area contributed by atoms with E-state index < -0.39 is 115 Å². The monoisotopic (exact) mass is 1530 g/mol. The molecule has 0 amide bonds. The second kappa shape index (κ2) is 29.4. The van der Waals surface area contributed by atoms with Crippen molar-refractivity contribution in [2.75, 3.05) is 26.4 Å². The number of aliphatic hydroxyl groups excluding tert-OH is 1. The molecule has 0 aromatic heterocycles. The van der Waals surface area contributed by atoms with Crippen molar-refractivity contribution in [2.45, 2.75) is 285 Å². The predicted molar refractivity (Wildman–Crippen MR) is 378 cm³/mol. The first-order chi connectivity index (χ1) is 51.4. The maximum atomic E-state index is 12.8. The fourth-order valence-corrected chi connectivity index (χ4v) is 26.8. The summed E-state index contributed by atoms with van der Waals surface area (Å²) in [5.41, 5.74) is -8.04. The molecule has 0 radical (unpaired) electrons. The van der Waals surface area contributed by atoms with Gasteiger partial charge in [0, 0.05) is 64.6 Å². The van der Waals surface area contributed by atoms with Gasteiger partial charge in [0.15, 0.2) is 0 Å². The molecule has 109 heavy (non-hydrogen) atoms. The smallest absolute Gasteiger partial charge is 0.331 e. The average Bonchev–Trinajstić information content (AvgIpc) is 1.67. The summed E-state index contributed by atoms with van der Waals surface area (Å²) in [4.78, 5) is 118. The molecule has 12 saturated carbocycles. The molecule has 18 unspecified atom stereocenters. The highest BCUT2D eigenvalue weighted by molar-refractivity contribution is 5.87. The number of carboxylic acids is 3. The van der Waals surface area contributed by atoms with Gasteiger partial charge in [-0.1, -0.05) is 20.8 Å². The number of fused-ring (bicyclic) bond motifs is 15. The van der Waals surface area contributed by atoms with Crippen molar-refractivity contribution in [2.24, 2.45) is 90.9 Å². The SMILES string of the molecule is CC12CC[C@H]3[C@@H](CCC4(O)CC(O)CCC34/C=N/O)C1(O)CCC2C1=CC(=O)OC1.CC12CC[C@H]3[C@@H](CCC4(O)CC(OC(=O)CCC(=O)O)CCC34C=O)C1(O)CCC2C1=CC(=O)OC1.CC12CC[C@H]3[C@@H](CCC4(O)CC(OC(=O)CCC(=O)O)CCC34COC(=O)CCC(=O)O)C1(O)CCC2C1=CC(=O)OC1. The van der Waals surface area contributed by atoms with Crippen molar-refractivity contribution >= 4 is 66.2 Å². The molecule has 0 saturated heterocycles. The standard InChI is InChI=1S/C31H42O12.C27H36O9.C23H33NO6/c1-28-10-7-21-22(31(28,40)13-9-20(28)18-14-27(38)41-16-18)8-12-30(39)15-19(43-26(37)5-3-24(34)35)6-11-29(21,30)17-42-25(36)4-2-23(32)33;1-24-8-5-19-20(27(24,34)11-7-18(24)16-12-23(32)35-14-16)6-10-26(33)13-17(4-9-25(19,26)15-28)36-22(31)3-2-21(29)30;1-20-6-3-17-18(23(20,28)9-5-16(20)14-10-19(26)30-12-14)4-8-22(27)11-15(25)2-7-21(17,22)13-24-29/h14,19-22,39-40H,2-13,15-17H2,1H3,(H,32,33)(H,34,35);12,15,17-20,33-34H,2-11,13-14H2,1H3,(H,29,30);10,13,15-18,25,27-29H,2-9,11-12H2,1H3/b;;24-13+/t19?,20?,21-,22+,28?,29?,30?,31?;17?,18?,19-,20+,24?,25?,26?,27?;15?,16?,17-,18+,20?,21?,22?,23?/m000/s1. The van der Waals surface area contributed by atoms with Crippen molar-refractivity contribution in [3.05, 3.63) is 34.9 Å². The van der Waals surface area contributed by atoms with Crippen molar-refractivity contribution < 1.29 is 133 Å². The molecule has 0 aromatic rings. The molecule has 28 nitrogen and oxygen atoms in total. The van der Waals surface area contributed by atoms with Gasteiger partial charge in [-0.25, -0.2) is 14.4 Å². The van der Waals surface area contributed by atoms with Crippen molar-refractivity contribution in [3.8, 4) is 0 Å². The van der Waals surface area contributed by atoms with Gasteiger partial charge in [0.05, 0.1) is 96.5 Å². The van der Waals surface area contributed by atoms with Gasteiger partial charge in [0.25, 0.3) is 0 Å². The van der Waals surface area contributed by atoms with Crippen molar-refractivity contribution in [1.29, 1.82) is 0 Å². The number of hydrogen-bond acceptors (Lipinski definition) is 25. The first-order valence-electron chi connectivity index (χ1n) is 39.9. The Hall–Kier alpha value is -6.69. The van der Waals surface area contributed by atoms with E-state index in [9.17, 15) is 88.9 Å². The second-order valence-corrected chi connectivity index (χ2v) is 36.3. The van der Waals surface area contributed by atoms with E-state index in [1.54, 1.807) is 18.2 Å². The fourth-order valence-electron chi connectivity index (χ4n) is 26.8. The molecule has 24 atom stereocenters. The first kappa shape index (κ1) is 80.4. The second-order valence-electron chi connectivity index (χ2n) is 36.3. The number of carbonyl (C=O) groups is 10. The van der Waals surface area contributed by atoms with Gasteiger partial charge in [-0.3, -0.25) is 28.8 Å². The number of rotatable bonds is 18. The van der Waals surface area contributed by atoms with Gasteiger partial charge < -0.3 is 89.5 Å². The molecular weight excluding hydrogens is 1420 g/mol. The minimum Gasteiger partial charge on any atom is -0.481 e. The number of oxime groups is 1. The third-order valence-electron chi connectivity index (χ3n) is 32.2. The Balaban J connectivity index is 0.000000146. The summed E-state index contributed by atoms with van der Waals surface area (Å²) in [6.07, 6.45) is 17.7. The molecule has 602 valence electrons. The predicted octanol–water partition coefficient (Wildman–Crippen LogP) is 7.00. The van der Waals surface area contributed by atoms with E-state index in [1.165, 1.54) is 6.21 Å². The van der Waals surface area contributed by atoms with Gasteiger partial charge in [-0.15, -0.1) is 5.16 Å². The lowest BCUT2D eigenvalue weighted by Crippen LogP contribution is -2.69. The van der Waals surface area contributed by atoms with Crippen LogP contribution in [0.3, 0.4) is 0 Å². The molecular formula is C81H111NO27. The maximum Gasteiger partial charge on any atom is 0.331 e. The van der Waals surface area contributed by atoms with Gasteiger partial charge in [0.2, 0.25) is 0 Å². The third kappa shape index (κ3) is 13.2. The minimum atomic E-state index is -1.40. The van der Waals surface area contributed by atoms with Gasteiger partial charge >= 0.3 is 53.7 Å². The third-order valence-corrected chi connectivity index (χ3v) is 32.2. The van der Waals surface area contributed by atoms with Crippen LogP contribution < -0.4 is 0 Å². The van der Waals surface area contributed by atoms with E-state index in [1.807, 2.05) is 0 Å². The highest BCUT2D eigenvalue weighted by Crippen LogP contribution is 2.75. The topological polar surface area (TPSA) is 461 Å². The molecule has 0 spiro atoms. The lowest BCUT2D eigenvalue weighted by molar-refractivity contribution is -0.272. The normalized spacial score (nSPS) is 45.4. The van der Waals surface area contributed by atoms with Crippen LogP contribution >= 0.6 is 0 Å². The Labute approximate surface area is 633 Å². The summed E-state index contributed by atoms with van der Waals surface area (Å²) < 4.78 is 32.3. The zero-order valence-corrected chi connectivity index (χ0v) is 62.9. The lowest BCUT2D eigenvalue weighted by Gasteiger charge is -2.66. The molecule has 0 aromatic carbocycles. The van der Waals surface area contributed by atoms with Crippen LogP contribution in [0.25, 0.3) is 0 Å². The summed E-state index contributed by atoms with van der Waals surface area (Å²) in [6, 6.07) is 0. The van der Waals surface area contributed by atoms with Crippen LogP contribution in [-0.4, -0.2) is 201 Å². The van der Waals surface area contributed by atoms with E-state index in [0.717, 1.165) is 48.7 Å². The molecule has 3 aliphatic heterocycles. The van der Waals surface area contributed by atoms with Crippen LogP contribution in [0.1, 0.15) is 233 Å². The molecule has 0 bridgehead atoms. The van der Waals surface area contributed by atoms with E-state index in [2.05, 4.69) is 25.9 Å². The quantitative estimate of drug-likeness (QED) is 0.0164. The summed E-state index contributed by atoms with van der Waals surface area (Å²) >= 11 is 0. The highest BCUT2D eigenvalue weighted by Gasteiger charge is 2.76. The highest BCUT2D eigenvalue weighted by atomic mass is 16.6. The zero-order chi connectivity index (χ0) is 78.5. The summed E-state index contributed by atoms with van der Waals surface area (Å²) in [5.74, 6) is -6.91. The number of hydrogen-bond donors (Lipinski definition) is 11. The van der Waals surface area contributed by atoms with E-state index in [4.69, 9.17) is 43.7 Å². The molecule has 15 rings (SSSR count). The maximum absolute atomic E-state index is 12.8. The Bertz CT molecular complexity index is 3780. The Morgan fingerprint density at radius 1 is 0.440 bits per heavy atom. The number of aldehydes is 1. The van der Waals surface area contributed by atoms with E-state index >= 15 is 0 Å². The lowest BCUT2D eigenvalue weighted by atomic mass is 9.41. The Morgan fingerprint density at radius 2 is 0.807 bits per heavy atom. The number of ether oxygens (including phenoxy) is 6. The van der Waals surface area contributed by atoms with Crippen LogP contribution in [0.4, 0.5) is 0 Å². The summed E-state index contributed by atoms with van der Waals surface area (Å²) in [5, 5.41) is 123. The number of carbonyl (C=O) groups excluding carboxylic acids is 7. The van der Waals surface area contributed by atoms with Crippen molar-refractivity contribution in [1.82, 2.24) is 0 Å². The van der Waals surface area contributed by atoms with E-state index in [-0.39, 0.29) is 161 Å².